The van der Waals surface area contributed by atoms with E-state index in [0.29, 0.717) is 61.7 Å². The van der Waals surface area contributed by atoms with Gasteiger partial charge in [-0.2, -0.15) is 0 Å². The summed E-state index contributed by atoms with van der Waals surface area (Å²) in [6, 6.07) is 1.97. The number of carbonyl (C=O) groups is 3. The van der Waals surface area contributed by atoms with Gasteiger partial charge in [0.25, 0.3) is 0 Å². The topological polar surface area (TPSA) is 66.9 Å². The number of ketones is 1. The molecular formula is C23H29ClN2O4. The van der Waals surface area contributed by atoms with Crippen LogP contribution in [0.25, 0.3) is 0 Å². The fraction of sp³-hybridized carbons (Fsp3) is 0.609. The zero-order valence-corrected chi connectivity index (χ0v) is 18.8. The molecule has 7 heteroatoms. The van der Waals surface area contributed by atoms with E-state index in [4.69, 9.17) is 16.3 Å². The number of aryl methyl sites for hydroxylation is 1. The summed E-state index contributed by atoms with van der Waals surface area (Å²) in [5, 5.41) is 0.614. The predicted octanol–water partition coefficient (Wildman–Crippen LogP) is 3.54. The normalized spacial score (nSPS) is 23.2. The van der Waals surface area contributed by atoms with E-state index in [9.17, 15) is 14.4 Å². The largest absolute Gasteiger partial charge is 0.486 e. The molecule has 3 aliphatic rings. The van der Waals surface area contributed by atoms with Gasteiger partial charge in [-0.3, -0.25) is 14.4 Å². The predicted molar refractivity (Wildman–Crippen MR) is 114 cm³/mol. The second-order valence-electron chi connectivity index (χ2n) is 9.26. The van der Waals surface area contributed by atoms with Gasteiger partial charge in [0.05, 0.1) is 17.9 Å². The summed E-state index contributed by atoms with van der Waals surface area (Å²) in [6.07, 6.45) is 1.82. The van der Waals surface area contributed by atoms with Crippen LogP contribution in [0.15, 0.2) is 6.07 Å². The van der Waals surface area contributed by atoms with Gasteiger partial charge in [0, 0.05) is 50.0 Å². The summed E-state index contributed by atoms with van der Waals surface area (Å²) in [5.74, 6) is 0.501. The smallest absolute Gasteiger partial charge is 0.227 e. The lowest BCUT2D eigenvalue weighted by Gasteiger charge is -2.44. The van der Waals surface area contributed by atoms with Crippen LogP contribution >= 0.6 is 11.6 Å². The number of rotatable bonds is 2. The van der Waals surface area contributed by atoms with Crippen molar-refractivity contribution in [1.29, 1.82) is 0 Å². The minimum absolute atomic E-state index is 0.0438. The van der Waals surface area contributed by atoms with Crippen molar-refractivity contribution < 1.29 is 19.1 Å². The van der Waals surface area contributed by atoms with Crippen LogP contribution in [0.3, 0.4) is 0 Å². The van der Waals surface area contributed by atoms with Crippen molar-refractivity contribution >= 4 is 29.2 Å². The second-order valence-corrected chi connectivity index (χ2v) is 9.63. The molecular weight excluding hydrogens is 404 g/mol. The van der Waals surface area contributed by atoms with Crippen LogP contribution in [-0.2, 0) is 9.59 Å². The molecule has 2 fully saturated rings. The van der Waals surface area contributed by atoms with Crippen molar-refractivity contribution in [1.82, 2.24) is 9.80 Å². The summed E-state index contributed by atoms with van der Waals surface area (Å²) in [4.78, 5) is 41.7. The summed E-state index contributed by atoms with van der Waals surface area (Å²) < 4.78 is 6.39. The van der Waals surface area contributed by atoms with Gasteiger partial charge in [-0.15, -0.1) is 0 Å². The third-order valence-corrected chi connectivity index (χ3v) is 7.43. The average molecular weight is 433 g/mol. The Morgan fingerprint density at radius 3 is 2.50 bits per heavy atom. The summed E-state index contributed by atoms with van der Waals surface area (Å²) >= 11 is 6.33. The molecule has 1 unspecified atom stereocenters. The number of fused-ring (bicyclic) bond motifs is 1. The van der Waals surface area contributed by atoms with Crippen LogP contribution in [-0.4, -0.2) is 58.7 Å². The molecule has 162 valence electrons. The van der Waals surface area contributed by atoms with Gasteiger partial charge in [-0.25, -0.2) is 0 Å². The average Bonchev–Trinajstić information content (AvgIpc) is 3.08. The first kappa shape index (κ1) is 21.2. The molecule has 0 aromatic heterocycles. The van der Waals surface area contributed by atoms with Crippen molar-refractivity contribution in [3.05, 3.63) is 27.8 Å². The molecule has 0 saturated carbocycles. The molecule has 2 amide bonds. The number of benzene rings is 1. The van der Waals surface area contributed by atoms with E-state index in [-0.39, 0.29) is 29.6 Å². The SMILES string of the molecule is Cc1cc2c(c(C)c1Cl)C(=O)CC1(CCN(C(=O)C3CC(=O)N(C(C)C)C3)CC1)O2. The molecule has 1 spiro atoms. The van der Waals surface area contributed by atoms with Crippen molar-refractivity contribution in [3.8, 4) is 5.75 Å². The van der Waals surface area contributed by atoms with E-state index >= 15 is 0 Å². The number of ether oxygens (including phenoxy) is 1. The van der Waals surface area contributed by atoms with Crippen molar-refractivity contribution in [2.45, 2.75) is 65.0 Å². The fourth-order valence-electron chi connectivity index (χ4n) is 5.07. The van der Waals surface area contributed by atoms with Crippen LogP contribution in [0.5, 0.6) is 5.75 Å². The Morgan fingerprint density at radius 1 is 1.23 bits per heavy atom. The molecule has 3 aliphatic heterocycles. The third-order valence-electron chi connectivity index (χ3n) is 6.85. The van der Waals surface area contributed by atoms with E-state index in [0.717, 1.165) is 11.1 Å². The molecule has 0 bridgehead atoms. The van der Waals surface area contributed by atoms with Crippen molar-refractivity contribution in [2.24, 2.45) is 5.92 Å². The van der Waals surface area contributed by atoms with Crippen LogP contribution in [0.1, 0.15) is 61.0 Å². The van der Waals surface area contributed by atoms with Crippen molar-refractivity contribution in [2.75, 3.05) is 19.6 Å². The molecule has 1 aromatic carbocycles. The van der Waals surface area contributed by atoms with E-state index in [1.54, 1.807) is 4.90 Å². The van der Waals surface area contributed by atoms with Crippen LogP contribution in [0, 0.1) is 19.8 Å². The number of nitrogens with zero attached hydrogens (tertiary/aromatic N) is 2. The van der Waals surface area contributed by atoms with E-state index in [1.807, 2.05) is 38.7 Å². The van der Waals surface area contributed by atoms with Gasteiger partial charge < -0.3 is 14.5 Å². The lowest BCUT2D eigenvalue weighted by atomic mass is 9.81. The van der Waals surface area contributed by atoms with Gasteiger partial charge in [-0.05, 0) is 44.9 Å². The van der Waals surface area contributed by atoms with Gasteiger partial charge in [-0.1, -0.05) is 11.6 Å². The number of halogens is 1. The Labute approximate surface area is 182 Å². The highest BCUT2D eigenvalue weighted by Gasteiger charge is 2.46. The number of hydrogen-bond acceptors (Lipinski definition) is 4. The first-order chi connectivity index (χ1) is 14.1. The Hall–Kier alpha value is -2.08. The lowest BCUT2D eigenvalue weighted by Crippen LogP contribution is -2.53. The van der Waals surface area contributed by atoms with Gasteiger partial charge in [0.1, 0.15) is 11.4 Å². The monoisotopic (exact) mass is 432 g/mol. The van der Waals surface area contributed by atoms with E-state index in [2.05, 4.69) is 0 Å². The first-order valence-electron chi connectivity index (χ1n) is 10.7. The highest BCUT2D eigenvalue weighted by Crippen LogP contribution is 2.43. The van der Waals surface area contributed by atoms with E-state index < -0.39 is 5.60 Å². The maximum atomic E-state index is 13.0. The highest BCUT2D eigenvalue weighted by atomic mass is 35.5. The van der Waals surface area contributed by atoms with Crippen molar-refractivity contribution in [3.63, 3.8) is 0 Å². The lowest BCUT2D eigenvalue weighted by molar-refractivity contribution is -0.139. The quantitative estimate of drug-likeness (QED) is 0.716. The third kappa shape index (κ3) is 3.49. The summed E-state index contributed by atoms with van der Waals surface area (Å²) in [5.41, 5.74) is 1.70. The second kappa shape index (κ2) is 7.56. The fourth-order valence-corrected chi connectivity index (χ4v) is 5.22. The summed E-state index contributed by atoms with van der Waals surface area (Å²) in [6.45, 7) is 9.30. The Morgan fingerprint density at radius 2 is 1.90 bits per heavy atom. The highest BCUT2D eigenvalue weighted by molar-refractivity contribution is 6.32. The number of amides is 2. The molecule has 0 N–H and O–H groups in total. The number of hydrogen-bond donors (Lipinski definition) is 0. The number of likely N-dealkylation sites (tertiary alicyclic amines) is 2. The Bertz CT molecular complexity index is 918. The zero-order chi connectivity index (χ0) is 21.8. The number of carbonyl (C=O) groups excluding carboxylic acids is 3. The minimum Gasteiger partial charge on any atom is -0.486 e. The summed E-state index contributed by atoms with van der Waals surface area (Å²) in [7, 11) is 0. The number of Topliss-reactive ketones (excluding diaryl/α,β-unsaturated/α-hetero) is 1. The standard InChI is InChI=1S/C23H29ClN2O4/c1-13(2)26-12-16(10-19(26)28)22(29)25-7-5-23(6-8-25)11-17(27)20-15(4)21(24)14(3)9-18(20)30-23/h9,13,16H,5-8,10-12H2,1-4H3. The molecule has 0 radical (unpaired) electrons. The maximum Gasteiger partial charge on any atom is 0.227 e. The van der Waals surface area contributed by atoms with Gasteiger partial charge >= 0.3 is 0 Å². The molecule has 4 rings (SSSR count). The Balaban J connectivity index is 1.45. The molecule has 1 atom stereocenters. The molecule has 30 heavy (non-hydrogen) atoms. The van der Waals surface area contributed by atoms with Gasteiger partial charge in [0.2, 0.25) is 11.8 Å². The molecule has 0 aliphatic carbocycles. The van der Waals surface area contributed by atoms with E-state index in [1.165, 1.54) is 0 Å². The molecule has 1 aromatic rings. The molecule has 3 heterocycles. The number of piperidine rings is 1. The molecule has 6 nitrogen and oxygen atoms in total. The zero-order valence-electron chi connectivity index (χ0n) is 18.1. The Kier molecular flexibility index (Phi) is 5.33. The van der Waals surface area contributed by atoms with Crippen LogP contribution < -0.4 is 4.74 Å². The first-order valence-corrected chi connectivity index (χ1v) is 11.1. The van der Waals surface area contributed by atoms with Crippen LogP contribution in [0.2, 0.25) is 5.02 Å². The van der Waals surface area contributed by atoms with Crippen LogP contribution in [0.4, 0.5) is 0 Å². The van der Waals surface area contributed by atoms with Gasteiger partial charge in [0.15, 0.2) is 5.78 Å². The minimum atomic E-state index is -0.566. The maximum absolute atomic E-state index is 13.0. The molecule has 2 saturated heterocycles.